The van der Waals surface area contributed by atoms with Gasteiger partial charge in [0.1, 0.15) is 17.5 Å². The molecule has 0 radical (unpaired) electrons. The molecule has 1 aliphatic rings. The Morgan fingerprint density at radius 2 is 1.91 bits per heavy atom. The van der Waals surface area contributed by atoms with E-state index in [0.29, 0.717) is 50.8 Å². The van der Waals surface area contributed by atoms with Crippen molar-refractivity contribution in [3.63, 3.8) is 0 Å². The molecule has 35 heavy (non-hydrogen) atoms. The Morgan fingerprint density at radius 3 is 2.66 bits per heavy atom. The first-order valence-electron chi connectivity index (χ1n) is 11.5. The first-order chi connectivity index (χ1) is 17.1. The second-order valence-electron chi connectivity index (χ2n) is 8.06. The topological polar surface area (TPSA) is 96.7 Å². The zero-order valence-corrected chi connectivity index (χ0v) is 19.9. The third-order valence-electron chi connectivity index (χ3n) is 5.86. The van der Waals surface area contributed by atoms with Gasteiger partial charge in [-0.05, 0) is 42.3 Å². The lowest BCUT2D eigenvalue weighted by Gasteiger charge is -2.29. The van der Waals surface area contributed by atoms with Gasteiger partial charge < -0.3 is 24.4 Å². The summed E-state index contributed by atoms with van der Waals surface area (Å²) in [6.07, 6.45) is 2.21. The zero-order chi connectivity index (χ0) is 24.6. The highest BCUT2D eigenvalue weighted by Crippen LogP contribution is 2.28. The van der Waals surface area contributed by atoms with E-state index in [-0.39, 0.29) is 5.57 Å². The lowest BCUT2D eigenvalue weighted by molar-refractivity contribution is -0.117. The van der Waals surface area contributed by atoms with Crippen molar-refractivity contribution in [3.8, 4) is 17.6 Å². The zero-order valence-electron chi connectivity index (χ0n) is 19.9. The smallest absolute Gasteiger partial charge is 0.261 e. The quantitative estimate of drug-likeness (QED) is 0.397. The van der Waals surface area contributed by atoms with Crippen LogP contribution in [0, 0.1) is 11.3 Å². The van der Waals surface area contributed by atoms with E-state index in [4.69, 9.17) is 19.2 Å². The summed E-state index contributed by atoms with van der Waals surface area (Å²) >= 11 is 0. The number of rotatable bonds is 8. The summed E-state index contributed by atoms with van der Waals surface area (Å²) in [5, 5.41) is 13.5. The van der Waals surface area contributed by atoms with Crippen LogP contribution >= 0.6 is 0 Å². The number of nitrogens with zero attached hydrogens (tertiary/aromatic N) is 3. The number of methoxy groups -OCH3 is 2. The second-order valence-corrected chi connectivity index (χ2v) is 8.06. The average Bonchev–Trinajstić information content (AvgIpc) is 2.91. The number of nitrogens with one attached hydrogen (secondary N) is 1. The molecule has 1 N–H and O–H groups in total. The molecule has 1 aliphatic heterocycles. The summed E-state index contributed by atoms with van der Waals surface area (Å²) in [6.45, 7) is 3.00. The largest absolute Gasteiger partial charge is 0.493 e. The third-order valence-corrected chi connectivity index (χ3v) is 5.86. The number of amides is 1. The van der Waals surface area contributed by atoms with Crippen LogP contribution in [0.1, 0.15) is 11.1 Å². The molecule has 8 heteroatoms. The van der Waals surface area contributed by atoms with Crippen molar-refractivity contribution in [2.75, 3.05) is 52.0 Å². The van der Waals surface area contributed by atoms with Gasteiger partial charge in [0.15, 0.2) is 11.5 Å². The predicted molar refractivity (Wildman–Crippen MR) is 135 cm³/mol. The first kappa shape index (κ1) is 24.0. The predicted octanol–water partition coefficient (Wildman–Crippen LogP) is 3.35. The van der Waals surface area contributed by atoms with Gasteiger partial charge in [-0.25, -0.2) is 4.98 Å². The van der Waals surface area contributed by atoms with Crippen LogP contribution in [0.25, 0.3) is 17.0 Å². The van der Waals surface area contributed by atoms with Gasteiger partial charge in [0.05, 0.1) is 33.0 Å². The molecule has 4 rings (SSSR count). The van der Waals surface area contributed by atoms with Crippen molar-refractivity contribution < 1.29 is 19.0 Å². The molecule has 1 aromatic heterocycles. The van der Waals surface area contributed by atoms with Crippen LogP contribution in [0.3, 0.4) is 0 Å². The molecule has 0 aliphatic carbocycles. The maximum atomic E-state index is 12.8. The van der Waals surface area contributed by atoms with Crippen LogP contribution in [-0.4, -0.2) is 58.0 Å². The molecule has 2 heterocycles. The molecule has 1 amide bonds. The van der Waals surface area contributed by atoms with Crippen LogP contribution in [-0.2, 0) is 16.0 Å². The number of ether oxygens (including phenoxy) is 3. The van der Waals surface area contributed by atoms with Crippen LogP contribution in [0.2, 0.25) is 0 Å². The lowest BCUT2D eigenvalue weighted by atomic mass is 10.1. The maximum absolute atomic E-state index is 12.8. The second kappa shape index (κ2) is 11.4. The fourth-order valence-electron chi connectivity index (χ4n) is 4.01. The summed E-state index contributed by atoms with van der Waals surface area (Å²) in [4.78, 5) is 19.8. The molecule has 0 spiro atoms. The van der Waals surface area contributed by atoms with Gasteiger partial charge in [-0.1, -0.05) is 24.3 Å². The third kappa shape index (κ3) is 5.70. The van der Waals surface area contributed by atoms with Gasteiger partial charge in [0.2, 0.25) is 0 Å². The van der Waals surface area contributed by atoms with Gasteiger partial charge in [-0.15, -0.1) is 0 Å². The fourth-order valence-corrected chi connectivity index (χ4v) is 4.01. The molecule has 0 unspecified atom stereocenters. The number of pyridine rings is 1. The van der Waals surface area contributed by atoms with Crippen molar-refractivity contribution in [3.05, 3.63) is 65.2 Å². The van der Waals surface area contributed by atoms with E-state index in [2.05, 4.69) is 16.3 Å². The average molecular weight is 473 g/mol. The molecule has 180 valence electrons. The van der Waals surface area contributed by atoms with Crippen molar-refractivity contribution in [1.29, 1.82) is 5.26 Å². The Hall–Kier alpha value is -4.09. The number of carbonyl (C=O) groups is 1. The Kier molecular flexibility index (Phi) is 7.81. The van der Waals surface area contributed by atoms with Crippen molar-refractivity contribution in [1.82, 2.24) is 10.3 Å². The van der Waals surface area contributed by atoms with Gasteiger partial charge in [-0.3, -0.25) is 4.79 Å². The summed E-state index contributed by atoms with van der Waals surface area (Å²) in [5.41, 5.74) is 2.61. The fraction of sp³-hybridized carbons (Fsp3) is 0.296. The summed E-state index contributed by atoms with van der Waals surface area (Å²) in [7, 11) is 3.17. The number of morpholine rings is 1. The number of benzene rings is 2. The molecule has 8 nitrogen and oxygen atoms in total. The summed E-state index contributed by atoms with van der Waals surface area (Å²) in [6, 6.07) is 17.5. The van der Waals surface area contributed by atoms with Crippen LogP contribution in [0.15, 0.2) is 54.1 Å². The van der Waals surface area contributed by atoms with E-state index >= 15 is 0 Å². The number of hydrogen-bond acceptors (Lipinski definition) is 7. The highest BCUT2D eigenvalue weighted by molar-refractivity contribution is 6.02. The summed E-state index contributed by atoms with van der Waals surface area (Å²) in [5.74, 6) is 1.61. The van der Waals surface area contributed by atoms with E-state index in [1.165, 1.54) is 0 Å². The van der Waals surface area contributed by atoms with Gasteiger partial charge >= 0.3 is 0 Å². The van der Waals surface area contributed by atoms with E-state index in [1.54, 1.807) is 20.3 Å². The Morgan fingerprint density at radius 1 is 1.14 bits per heavy atom. The van der Waals surface area contributed by atoms with E-state index in [9.17, 15) is 10.1 Å². The molecular weight excluding hydrogens is 444 g/mol. The molecule has 0 saturated carbocycles. The highest BCUT2D eigenvalue weighted by Gasteiger charge is 2.18. The van der Waals surface area contributed by atoms with Gasteiger partial charge in [-0.2, -0.15) is 5.26 Å². The number of nitriles is 1. The Labute approximate surface area is 204 Å². The number of aromatic nitrogens is 1. The van der Waals surface area contributed by atoms with Gasteiger partial charge in [0, 0.05) is 30.6 Å². The molecule has 0 bridgehead atoms. The minimum Gasteiger partial charge on any atom is -0.493 e. The number of anilines is 1. The maximum Gasteiger partial charge on any atom is 0.261 e. The van der Waals surface area contributed by atoms with Crippen LogP contribution in [0.4, 0.5) is 5.82 Å². The first-order valence-corrected chi connectivity index (χ1v) is 11.5. The molecule has 1 saturated heterocycles. The monoisotopic (exact) mass is 472 g/mol. The number of carbonyl (C=O) groups excluding carboxylic acids is 1. The number of fused-ring (bicyclic) bond motifs is 1. The van der Waals surface area contributed by atoms with Crippen molar-refractivity contribution in [2.45, 2.75) is 6.42 Å². The van der Waals surface area contributed by atoms with Crippen LogP contribution in [0.5, 0.6) is 11.5 Å². The Balaban J connectivity index is 1.53. The van der Waals surface area contributed by atoms with E-state index in [1.807, 2.05) is 48.5 Å². The van der Waals surface area contributed by atoms with Crippen molar-refractivity contribution in [2.24, 2.45) is 0 Å². The molecular formula is C27H28N4O4. The standard InChI is InChI=1S/C27H28N4O4/c1-33-24-8-7-19(15-25(24)34-2)9-10-29-27(32)22(18-28)17-21-16-20-5-3-4-6-23(20)30-26(21)31-11-13-35-14-12-31/h3-8,15-17H,9-14H2,1-2H3,(H,29,32)/b22-17-. The minimum absolute atomic E-state index is 0.0314. The Bertz CT molecular complexity index is 1280. The molecule has 3 aromatic rings. The minimum atomic E-state index is -0.422. The lowest BCUT2D eigenvalue weighted by Crippen LogP contribution is -2.37. The SMILES string of the molecule is COc1ccc(CCNC(=O)/C(C#N)=C\c2cc3ccccc3nc2N2CCOCC2)cc1OC. The van der Waals surface area contributed by atoms with Crippen molar-refractivity contribution >= 4 is 28.7 Å². The van der Waals surface area contributed by atoms with E-state index < -0.39 is 5.91 Å². The highest BCUT2D eigenvalue weighted by atomic mass is 16.5. The molecule has 1 fully saturated rings. The number of hydrogen-bond donors (Lipinski definition) is 1. The van der Waals surface area contributed by atoms with Gasteiger partial charge in [0.25, 0.3) is 5.91 Å². The summed E-state index contributed by atoms with van der Waals surface area (Å²) < 4.78 is 16.1. The normalized spacial score (nSPS) is 13.9. The number of para-hydroxylation sites is 1. The molecule has 0 atom stereocenters. The van der Waals surface area contributed by atoms with E-state index in [0.717, 1.165) is 27.8 Å². The molecule has 2 aromatic carbocycles. The van der Waals surface area contributed by atoms with Crippen LogP contribution < -0.4 is 19.7 Å².